The van der Waals surface area contributed by atoms with E-state index < -0.39 is 0 Å². The molecule has 0 aliphatic carbocycles. The van der Waals surface area contributed by atoms with Gasteiger partial charge in [-0.05, 0) is 44.1 Å². The Labute approximate surface area is 181 Å². The zero-order chi connectivity index (χ0) is 21.9. The van der Waals surface area contributed by atoms with Gasteiger partial charge < -0.3 is 20.3 Å². The number of hydrogen-bond acceptors (Lipinski definition) is 4. The maximum absolute atomic E-state index is 12.0. The number of nitrogens with zero attached hydrogens (tertiary/aromatic N) is 3. The molecule has 2 N–H and O–H groups in total. The molecule has 1 fully saturated rings. The Hall–Kier alpha value is -2.28. The maximum Gasteiger partial charge on any atom is 0.222 e. The largest absolute Gasteiger partial charge is 0.497 e. The lowest BCUT2D eigenvalue weighted by Crippen LogP contribution is -2.45. The van der Waals surface area contributed by atoms with Gasteiger partial charge in [-0.25, -0.2) is 0 Å². The zero-order valence-corrected chi connectivity index (χ0v) is 19.3. The van der Waals surface area contributed by atoms with Crippen LogP contribution in [0.3, 0.4) is 0 Å². The van der Waals surface area contributed by atoms with Crippen LogP contribution in [-0.4, -0.2) is 74.1 Å². The van der Waals surface area contributed by atoms with Crippen LogP contribution < -0.4 is 15.4 Å². The summed E-state index contributed by atoms with van der Waals surface area (Å²) in [4.78, 5) is 21.3. The second-order valence-electron chi connectivity index (χ2n) is 7.56. The number of likely N-dealkylation sites (N-methyl/N-ethyl adjacent to an activating group) is 1. The van der Waals surface area contributed by atoms with Crippen LogP contribution in [0.15, 0.2) is 29.3 Å². The van der Waals surface area contributed by atoms with Crippen molar-refractivity contribution in [1.82, 2.24) is 20.4 Å². The van der Waals surface area contributed by atoms with Crippen molar-refractivity contribution in [2.45, 2.75) is 52.6 Å². The molecular weight excluding hydrogens is 378 g/mol. The van der Waals surface area contributed by atoms with Crippen molar-refractivity contribution in [1.29, 1.82) is 0 Å². The van der Waals surface area contributed by atoms with Gasteiger partial charge in [0.05, 0.1) is 19.7 Å². The zero-order valence-electron chi connectivity index (χ0n) is 19.3. The Morgan fingerprint density at radius 1 is 1.30 bits per heavy atom. The standard InChI is InChI=1S/C23H39N5O2/c1-6-22(29)28-14-13-19(17-28)26-23(24-7-2)25-16-21(27(8-3)9-4)18-11-10-12-20(15-18)30-5/h10-12,15,19,21H,6-9,13-14,16-17H2,1-5H3,(H2,24,25,26). The SMILES string of the molecule is CCNC(=NCC(c1cccc(OC)c1)N(CC)CC)NC1CCN(C(=O)CC)C1. The molecule has 2 unspecified atom stereocenters. The van der Waals surface area contributed by atoms with Crippen molar-refractivity contribution in [2.75, 3.05) is 46.4 Å². The van der Waals surface area contributed by atoms with Gasteiger partial charge in [-0.15, -0.1) is 0 Å². The van der Waals surface area contributed by atoms with Crippen LogP contribution in [0, 0.1) is 0 Å². The van der Waals surface area contributed by atoms with E-state index in [1.807, 2.05) is 24.0 Å². The summed E-state index contributed by atoms with van der Waals surface area (Å²) in [5, 5.41) is 6.90. The van der Waals surface area contributed by atoms with E-state index in [9.17, 15) is 4.79 Å². The fourth-order valence-electron chi connectivity index (χ4n) is 3.96. The molecule has 0 bridgehead atoms. The molecule has 2 rings (SSSR count). The summed E-state index contributed by atoms with van der Waals surface area (Å²) in [6, 6.07) is 8.67. The number of carbonyl (C=O) groups is 1. The van der Waals surface area contributed by atoms with Crippen molar-refractivity contribution in [3.05, 3.63) is 29.8 Å². The van der Waals surface area contributed by atoms with Gasteiger partial charge in [0.15, 0.2) is 5.96 Å². The smallest absolute Gasteiger partial charge is 0.222 e. The molecule has 1 aromatic carbocycles. The van der Waals surface area contributed by atoms with Gasteiger partial charge in [-0.2, -0.15) is 0 Å². The number of hydrogen-bond donors (Lipinski definition) is 2. The highest BCUT2D eigenvalue weighted by Crippen LogP contribution is 2.24. The summed E-state index contributed by atoms with van der Waals surface area (Å²) in [5.74, 6) is 1.90. The van der Waals surface area contributed by atoms with Gasteiger partial charge in [0.2, 0.25) is 5.91 Å². The number of amides is 1. The first kappa shape index (κ1) is 24.0. The predicted octanol–water partition coefficient (Wildman–Crippen LogP) is 2.64. The first-order valence-corrected chi connectivity index (χ1v) is 11.3. The Morgan fingerprint density at radius 2 is 2.07 bits per heavy atom. The fraction of sp³-hybridized carbons (Fsp3) is 0.652. The third-order valence-corrected chi connectivity index (χ3v) is 5.68. The highest BCUT2D eigenvalue weighted by atomic mass is 16.5. The van der Waals surface area contributed by atoms with Gasteiger partial charge in [0, 0.05) is 32.1 Å². The van der Waals surface area contributed by atoms with E-state index in [2.05, 4.69) is 48.4 Å². The molecule has 1 aliphatic heterocycles. The Morgan fingerprint density at radius 3 is 2.70 bits per heavy atom. The van der Waals surface area contributed by atoms with Gasteiger partial charge in [0.25, 0.3) is 0 Å². The minimum Gasteiger partial charge on any atom is -0.497 e. The average Bonchev–Trinajstić information content (AvgIpc) is 3.24. The number of aliphatic imine (C=N–C) groups is 1. The average molecular weight is 418 g/mol. The Kier molecular flexibility index (Phi) is 9.94. The number of ether oxygens (including phenoxy) is 1. The molecule has 30 heavy (non-hydrogen) atoms. The number of likely N-dealkylation sites (tertiary alicyclic amines) is 1. The van der Waals surface area contributed by atoms with Crippen LogP contribution >= 0.6 is 0 Å². The summed E-state index contributed by atoms with van der Waals surface area (Å²) in [7, 11) is 1.70. The van der Waals surface area contributed by atoms with Gasteiger partial charge in [-0.1, -0.05) is 32.9 Å². The van der Waals surface area contributed by atoms with E-state index in [-0.39, 0.29) is 18.0 Å². The second kappa shape index (κ2) is 12.4. The van der Waals surface area contributed by atoms with E-state index in [0.717, 1.165) is 50.9 Å². The molecule has 1 aliphatic rings. The molecule has 168 valence electrons. The minimum atomic E-state index is 0.173. The summed E-state index contributed by atoms with van der Waals surface area (Å²) >= 11 is 0. The van der Waals surface area contributed by atoms with E-state index in [0.29, 0.717) is 13.0 Å². The van der Waals surface area contributed by atoms with Crippen molar-refractivity contribution in [3.63, 3.8) is 0 Å². The molecule has 0 radical (unpaired) electrons. The Bertz CT molecular complexity index is 690. The first-order valence-electron chi connectivity index (χ1n) is 11.3. The number of benzene rings is 1. The highest BCUT2D eigenvalue weighted by molar-refractivity contribution is 5.80. The van der Waals surface area contributed by atoms with Crippen molar-refractivity contribution >= 4 is 11.9 Å². The highest BCUT2D eigenvalue weighted by Gasteiger charge is 2.26. The number of guanidine groups is 1. The number of rotatable bonds is 10. The van der Waals surface area contributed by atoms with Crippen LogP contribution in [0.1, 0.15) is 52.1 Å². The van der Waals surface area contributed by atoms with Gasteiger partial charge in [-0.3, -0.25) is 14.7 Å². The predicted molar refractivity (Wildman–Crippen MR) is 123 cm³/mol. The molecule has 2 atom stereocenters. The molecule has 7 heteroatoms. The van der Waals surface area contributed by atoms with Gasteiger partial charge in [0.1, 0.15) is 5.75 Å². The van der Waals surface area contributed by atoms with Crippen LogP contribution in [0.4, 0.5) is 0 Å². The lowest BCUT2D eigenvalue weighted by Gasteiger charge is -2.29. The topological polar surface area (TPSA) is 69.2 Å². The second-order valence-corrected chi connectivity index (χ2v) is 7.56. The molecule has 1 saturated heterocycles. The monoisotopic (exact) mass is 417 g/mol. The van der Waals surface area contributed by atoms with Crippen LogP contribution in [0.5, 0.6) is 5.75 Å². The van der Waals surface area contributed by atoms with Crippen molar-refractivity contribution < 1.29 is 9.53 Å². The molecule has 1 aromatic rings. The quantitative estimate of drug-likeness (QED) is 0.452. The third kappa shape index (κ3) is 6.62. The normalized spacial score (nSPS) is 17.9. The molecule has 0 spiro atoms. The summed E-state index contributed by atoms with van der Waals surface area (Å²) in [6.07, 6.45) is 1.51. The van der Waals surface area contributed by atoms with E-state index in [1.54, 1.807) is 7.11 Å². The lowest BCUT2D eigenvalue weighted by atomic mass is 10.0. The number of methoxy groups -OCH3 is 1. The first-order chi connectivity index (χ1) is 14.6. The van der Waals surface area contributed by atoms with Crippen molar-refractivity contribution in [2.24, 2.45) is 4.99 Å². The molecule has 0 saturated carbocycles. The molecule has 1 heterocycles. The Balaban J connectivity index is 2.14. The maximum atomic E-state index is 12.0. The lowest BCUT2D eigenvalue weighted by molar-refractivity contribution is -0.129. The fourth-order valence-corrected chi connectivity index (χ4v) is 3.96. The van der Waals surface area contributed by atoms with Gasteiger partial charge >= 0.3 is 0 Å². The van der Waals surface area contributed by atoms with Crippen molar-refractivity contribution in [3.8, 4) is 5.75 Å². The molecular formula is C23H39N5O2. The summed E-state index contributed by atoms with van der Waals surface area (Å²) in [6.45, 7) is 13.3. The van der Waals surface area contributed by atoms with E-state index in [1.165, 1.54) is 5.56 Å². The number of carbonyl (C=O) groups excluding carboxylic acids is 1. The van der Waals surface area contributed by atoms with E-state index in [4.69, 9.17) is 9.73 Å². The minimum absolute atomic E-state index is 0.173. The number of nitrogens with one attached hydrogen (secondary N) is 2. The van der Waals surface area contributed by atoms with Crippen LogP contribution in [0.2, 0.25) is 0 Å². The summed E-state index contributed by atoms with van der Waals surface area (Å²) < 4.78 is 5.43. The van der Waals surface area contributed by atoms with E-state index >= 15 is 0 Å². The molecule has 1 amide bonds. The van der Waals surface area contributed by atoms with Crippen LogP contribution in [0.25, 0.3) is 0 Å². The third-order valence-electron chi connectivity index (χ3n) is 5.68. The summed E-state index contributed by atoms with van der Waals surface area (Å²) in [5.41, 5.74) is 1.21. The van der Waals surface area contributed by atoms with Crippen LogP contribution in [-0.2, 0) is 4.79 Å². The molecule has 7 nitrogen and oxygen atoms in total. The molecule has 0 aromatic heterocycles.